The fourth-order valence-corrected chi connectivity index (χ4v) is 5.55. The van der Waals surface area contributed by atoms with E-state index in [1.54, 1.807) is 36.0 Å². The molecule has 1 saturated carbocycles. The number of carbonyl (C=O) groups excluding carboxylic acids is 2. The maximum Gasteiger partial charge on any atom is 0.303 e. The van der Waals surface area contributed by atoms with E-state index in [2.05, 4.69) is 0 Å². The maximum absolute atomic E-state index is 12.1. The van der Waals surface area contributed by atoms with Crippen LogP contribution in [0.5, 0.6) is 11.5 Å². The summed E-state index contributed by atoms with van der Waals surface area (Å²) in [5.74, 6) is -0.602. The molecule has 0 bridgehead atoms. The Kier molecular flexibility index (Phi) is 9.16. The van der Waals surface area contributed by atoms with E-state index < -0.39 is 5.97 Å². The first-order chi connectivity index (χ1) is 16.3. The average Bonchev–Trinajstić information content (AvgIpc) is 2.80. The molecule has 2 N–H and O–H groups in total. The lowest BCUT2D eigenvalue weighted by Gasteiger charge is -2.30. The Morgan fingerprint density at radius 2 is 1.79 bits per heavy atom. The molecular formula is C27H32O6S. The number of phenolic OH excluding ortho intramolecular Hbond substituents is 1. The van der Waals surface area contributed by atoms with E-state index in [4.69, 9.17) is 9.84 Å². The van der Waals surface area contributed by atoms with Gasteiger partial charge in [0.2, 0.25) is 0 Å². The molecule has 0 amide bonds. The first kappa shape index (κ1) is 25.8. The minimum atomic E-state index is -0.971. The first-order valence-electron chi connectivity index (χ1n) is 11.8. The molecule has 182 valence electrons. The smallest absolute Gasteiger partial charge is 0.303 e. The molecule has 0 heterocycles. The predicted octanol–water partition coefficient (Wildman–Crippen LogP) is 6.08. The van der Waals surface area contributed by atoms with Crippen LogP contribution in [0.1, 0.15) is 85.1 Å². The summed E-state index contributed by atoms with van der Waals surface area (Å²) < 4.78 is 6.34. The van der Waals surface area contributed by atoms with Crippen molar-refractivity contribution in [1.29, 1.82) is 0 Å². The molecule has 1 fully saturated rings. The van der Waals surface area contributed by atoms with Crippen LogP contribution in [0.2, 0.25) is 0 Å². The second-order valence-corrected chi connectivity index (χ2v) is 10.1. The van der Waals surface area contributed by atoms with Crippen molar-refractivity contribution in [3.05, 3.63) is 53.1 Å². The molecule has 1 aliphatic carbocycles. The van der Waals surface area contributed by atoms with Gasteiger partial charge in [-0.15, -0.1) is 11.8 Å². The molecule has 0 saturated heterocycles. The number of ketones is 2. The summed E-state index contributed by atoms with van der Waals surface area (Å²) >= 11 is 1.76. The molecule has 0 radical (unpaired) electrons. The van der Waals surface area contributed by atoms with Gasteiger partial charge < -0.3 is 14.9 Å². The van der Waals surface area contributed by atoms with E-state index in [-0.39, 0.29) is 36.3 Å². The van der Waals surface area contributed by atoms with Gasteiger partial charge in [0.05, 0.1) is 18.1 Å². The molecule has 2 atom stereocenters. The van der Waals surface area contributed by atoms with Gasteiger partial charge in [0.15, 0.2) is 11.6 Å². The second-order valence-electron chi connectivity index (χ2n) is 8.73. The average molecular weight is 485 g/mol. The van der Waals surface area contributed by atoms with Crippen molar-refractivity contribution < 1.29 is 29.3 Å². The Morgan fingerprint density at radius 1 is 1.06 bits per heavy atom. The fraction of sp³-hybridized carbons (Fsp3) is 0.444. The number of aliphatic carboxylic acids is 1. The largest absolute Gasteiger partial charge is 0.507 e. The number of carboxylic acid groups (broad SMARTS) is 1. The van der Waals surface area contributed by atoms with E-state index >= 15 is 0 Å². The van der Waals surface area contributed by atoms with Gasteiger partial charge in [-0.3, -0.25) is 14.4 Å². The lowest BCUT2D eigenvalue weighted by atomic mass is 9.96. The molecular weight excluding hydrogens is 452 g/mol. The van der Waals surface area contributed by atoms with Crippen LogP contribution in [0, 0.1) is 0 Å². The summed E-state index contributed by atoms with van der Waals surface area (Å²) in [6, 6.07) is 10.8. The van der Waals surface area contributed by atoms with Crippen molar-refractivity contribution in [3.63, 3.8) is 0 Å². The summed E-state index contributed by atoms with van der Waals surface area (Å²) in [5.41, 5.74) is 1.57. The van der Waals surface area contributed by atoms with E-state index in [0.717, 1.165) is 37.0 Å². The molecule has 34 heavy (non-hydrogen) atoms. The SMILES string of the molecule is CCCc1c(OC2CCCC(Sc3ccc(C(=O)CCC(=O)O)cc3)C2)ccc(C(C)=O)c1O. The lowest BCUT2D eigenvalue weighted by Crippen LogP contribution is -2.27. The van der Waals surface area contributed by atoms with Crippen molar-refractivity contribution in [2.45, 2.75) is 81.5 Å². The van der Waals surface area contributed by atoms with E-state index in [1.165, 1.54) is 6.92 Å². The third kappa shape index (κ3) is 6.86. The topological polar surface area (TPSA) is 101 Å². The van der Waals surface area contributed by atoms with Crippen molar-refractivity contribution in [2.75, 3.05) is 0 Å². The Labute approximate surface area is 204 Å². The number of thioether (sulfide) groups is 1. The quantitative estimate of drug-likeness (QED) is 0.373. The van der Waals surface area contributed by atoms with E-state index in [0.29, 0.717) is 34.1 Å². The first-order valence-corrected chi connectivity index (χ1v) is 12.7. The fourth-order valence-electron chi connectivity index (χ4n) is 4.28. The van der Waals surface area contributed by atoms with Crippen LogP contribution < -0.4 is 4.74 Å². The summed E-state index contributed by atoms with van der Waals surface area (Å²) in [5, 5.41) is 19.7. The molecule has 3 rings (SSSR count). The second kappa shape index (κ2) is 12.1. The summed E-state index contributed by atoms with van der Waals surface area (Å²) in [6.07, 6.45) is 5.27. The molecule has 0 aromatic heterocycles. The number of hydrogen-bond donors (Lipinski definition) is 2. The molecule has 2 aromatic rings. The van der Waals surface area contributed by atoms with Gasteiger partial charge in [0.1, 0.15) is 11.5 Å². The number of carboxylic acids is 1. The van der Waals surface area contributed by atoms with Crippen LogP contribution in [0.4, 0.5) is 0 Å². The van der Waals surface area contributed by atoms with Gasteiger partial charge in [-0.25, -0.2) is 0 Å². The monoisotopic (exact) mass is 484 g/mol. The number of carbonyl (C=O) groups is 3. The van der Waals surface area contributed by atoms with Gasteiger partial charge in [-0.1, -0.05) is 25.5 Å². The highest BCUT2D eigenvalue weighted by atomic mass is 32.2. The van der Waals surface area contributed by atoms with Gasteiger partial charge >= 0.3 is 5.97 Å². The molecule has 2 unspecified atom stereocenters. The molecule has 7 heteroatoms. The van der Waals surface area contributed by atoms with E-state index in [1.807, 2.05) is 19.1 Å². The van der Waals surface area contributed by atoms with Crippen LogP contribution in [0.15, 0.2) is 41.3 Å². The lowest BCUT2D eigenvalue weighted by molar-refractivity contribution is -0.136. The summed E-state index contributed by atoms with van der Waals surface area (Å²) in [7, 11) is 0. The predicted molar refractivity (Wildman–Crippen MR) is 132 cm³/mol. The van der Waals surface area contributed by atoms with Crippen LogP contribution in [0.25, 0.3) is 0 Å². The van der Waals surface area contributed by atoms with Crippen molar-refractivity contribution in [3.8, 4) is 11.5 Å². The molecule has 0 aliphatic heterocycles. The highest BCUT2D eigenvalue weighted by Gasteiger charge is 2.26. The number of hydrogen-bond acceptors (Lipinski definition) is 6. The summed E-state index contributed by atoms with van der Waals surface area (Å²) in [4.78, 5) is 35.6. The number of aromatic hydroxyl groups is 1. The van der Waals surface area contributed by atoms with Crippen LogP contribution in [0.3, 0.4) is 0 Å². The van der Waals surface area contributed by atoms with Crippen molar-refractivity contribution in [1.82, 2.24) is 0 Å². The van der Waals surface area contributed by atoms with Crippen LogP contribution in [-0.2, 0) is 11.2 Å². The van der Waals surface area contributed by atoms with Gasteiger partial charge in [0.25, 0.3) is 0 Å². The van der Waals surface area contributed by atoms with Crippen LogP contribution in [-0.4, -0.2) is 39.1 Å². The van der Waals surface area contributed by atoms with Gasteiger partial charge in [0, 0.05) is 27.7 Å². The molecule has 2 aromatic carbocycles. The van der Waals surface area contributed by atoms with Crippen LogP contribution >= 0.6 is 11.8 Å². The number of phenols is 1. The van der Waals surface area contributed by atoms with E-state index in [9.17, 15) is 19.5 Å². The zero-order chi connectivity index (χ0) is 24.7. The molecule has 0 spiro atoms. The zero-order valence-corrected chi connectivity index (χ0v) is 20.5. The number of rotatable bonds is 11. The zero-order valence-electron chi connectivity index (χ0n) is 19.7. The van der Waals surface area contributed by atoms with Gasteiger partial charge in [-0.05, 0) is 63.3 Å². The Balaban J connectivity index is 1.63. The number of ether oxygens (including phenoxy) is 1. The molecule has 6 nitrogen and oxygen atoms in total. The number of Topliss-reactive ketones (excluding diaryl/α,β-unsaturated/α-hetero) is 2. The Hall–Kier alpha value is -2.80. The third-order valence-electron chi connectivity index (χ3n) is 6.04. The van der Waals surface area contributed by atoms with Crippen molar-refractivity contribution in [2.24, 2.45) is 0 Å². The highest BCUT2D eigenvalue weighted by molar-refractivity contribution is 8.00. The standard InChI is InChI=1S/C27H32O6S/c1-3-5-23-25(14-12-22(17(2)28)27(23)32)33-19-6-4-7-21(16-19)34-20-10-8-18(9-11-20)24(29)13-15-26(30)31/h8-12,14,19,21,32H,3-7,13,15-16H2,1-2H3,(H,30,31). The third-order valence-corrected chi connectivity index (χ3v) is 7.34. The minimum Gasteiger partial charge on any atom is -0.507 e. The Bertz CT molecular complexity index is 1030. The minimum absolute atomic E-state index is 0.00639. The maximum atomic E-state index is 12.1. The van der Waals surface area contributed by atoms with Gasteiger partial charge in [-0.2, -0.15) is 0 Å². The summed E-state index contributed by atoms with van der Waals surface area (Å²) in [6.45, 7) is 3.48. The van der Waals surface area contributed by atoms with Crippen molar-refractivity contribution >= 4 is 29.3 Å². The molecule has 1 aliphatic rings. The Morgan fingerprint density at radius 3 is 2.44 bits per heavy atom. The highest BCUT2D eigenvalue weighted by Crippen LogP contribution is 2.38. The number of benzene rings is 2. The normalized spacial score (nSPS) is 17.8.